The molecular formula is C12H15NO2S. The molecule has 1 saturated carbocycles. The molecule has 1 aromatic rings. The molecule has 0 radical (unpaired) electrons. The van der Waals surface area contributed by atoms with Crippen molar-refractivity contribution in [1.29, 1.82) is 0 Å². The van der Waals surface area contributed by atoms with Gasteiger partial charge >= 0.3 is 0 Å². The van der Waals surface area contributed by atoms with Gasteiger partial charge in [-0.25, -0.2) is 8.42 Å². The molecule has 86 valence electrons. The zero-order valence-corrected chi connectivity index (χ0v) is 10.1. The SMILES string of the molecule is CS(=O)(=O)N1c2ccccc2C2CCCC21. The van der Waals surface area contributed by atoms with Crippen molar-refractivity contribution in [2.45, 2.75) is 31.2 Å². The lowest BCUT2D eigenvalue weighted by Gasteiger charge is -2.24. The third kappa shape index (κ3) is 1.29. The fraction of sp³-hybridized carbons (Fsp3) is 0.500. The molecule has 0 aromatic heterocycles. The molecule has 1 aromatic carbocycles. The van der Waals surface area contributed by atoms with E-state index in [4.69, 9.17) is 0 Å². The summed E-state index contributed by atoms with van der Waals surface area (Å²) in [4.78, 5) is 0. The van der Waals surface area contributed by atoms with E-state index in [-0.39, 0.29) is 6.04 Å². The molecule has 2 atom stereocenters. The standard InChI is InChI=1S/C12H15NO2S/c1-16(14,15)13-11-7-3-2-5-9(11)10-6-4-8-12(10)13/h2-3,5,7,10,12H,4,6,8H2,1H3. The van der Waals surface area contributed by atoms with Crippen LogP contribution in [0.4, 0.5) is 5.69 Å². The van der Waals surface area contributed by atoms with Crippen LogP contribution in [0.3, 0.4) is 0 Å². The van der Waals surface area contributed by atoms with Crippen LogP contribution in [0.5, 0.6) is 0 Å². The molecule has 2 unspecified atom stereocenters. The Hall–Kier alpha value is -1.03. The van der Waals surface area contributed by atoms with Crippen molar-refractivity contribution in [3.63, 3.8) is 0 Å². The maximum Gasteiger partial charge on any atom is 0.232 e. The van der Waals surface area contributed by atoms with Gasteiger partial charge in [0.15, 0.2) is 0 Å². The highest BCUT2D eigenvalue weighted by Crippen LogP contribution is 2.49. The molecule has 1 aliphatic carbocycles. The summed E-state index contributed by atoms with van der Waals surface area (Å²) in [5, 5.41) is 0. The Morgan fingerprint density at radius 1 is 1.25 bits per heavy atom. The van der Waals surface area contributed by atoms with E-state index in [9.17, 15) is 8.42 Å². The predicted octanol–water partition coefficient (Wildman–Crippen LogP) is 2.10. The second-order valence-electron chi connectivity index (χ2n) is 4.72. The van der Waals surface area contributed by atoms with E-state index in [1.165, 1.54) is 11.8 Å². The molecule has 3 rings (SSSR count). The molecule has 1 fully saturated rings. The van der Waals surface area contributed by atoms with Crippen LogP contribution in [-0.2, 0) is 10.0 Å². The number of rotatable bonds is 1. The molecule has 1 heterocycles. The number of hydrogen-bond donors (Lipinski definition) is 0. The lowest BCUT2D eigenvalue weighted by Crippen LogP contribution is -2.36. The van der Waals surface area contributed by atoms with Gasteiger partial charge < -0.3 is 0 Å². The first-order valence-electron chi connectivity index (χ1n) is 5.67. The minimum Gasteiger partial charge on any atom is -0.267 e. The number of fused-ring (bicyclic) bond motifs is 3. The molecule has 0 spiro atoms. The van der Waals surface area contributed by atoms with Crippen LogP contribution in [0.15, 0.2) is 24.3 Å². The van der Waals surface area contributed by atoms with Crippen molar-refractivity contribution >= 4 is 15.7 Å². The van der Waals surface area contributed by atoms with Gasteiger partial charge in [-0.2, -0.15) is 0 Å². The van der Waals surface area contributed by atoms with Gasteiger partial charge in [0.05, 0.1) is 18.0 Å². The third-order valence-corrected chi connectivity index (χ3v) is 4.89. The molecule has 16 heavy (non-hydrogen) atoms. The summed E-state index contributed by atoms with van der Waals surface area (Å²) in [5.41, 5.74) is 2.12. The van der Waals surface area contributed by atoms with Gasteiger partial charge in [0.25, 0.3) is 0 Å². The summed E-state index contributed by atoms with van der Waals surface area (Å²) in [5.74, 6) is 0.422. The molecule has 3 nitrogen and oxygen atoms in total. The number of anilines is 1. The number of nitrogens with zero attached hydrogens (tertiary/aromatic N) is 1. The average molecular weight is 237 g/mol. The van der Waals surface area contributed by atoms with Gasteiger partial charge in [0.2, 0.25) is 10.0 Å². The Balaban J connectivity index is 2.19. The lowest BCUT2D eigenvalue weighted by molar-refractivity contribution is 0.577. The van der Waals surface area contributed by atoms with Crippen LogP contribution in [0.2, 0.25) is 0 Å². The van der Waals surface area contributed by atoms with Gasteiger partial charge in [-0.15, -0.1) is 0 Å². The van der Waals surface area contributed by atoms with Crippen molar-refractivity contribution in [2.24, 2.45) is 0 Å². The topological polar surface area (TPSA) is 37.4 Å². The Labute approximate surface area is 96.1 Å². The summed E-state index contributed by atoms with van der Waals surface area (Å²) in [6, 6.07) is 8.09. The maximum absolute atomic E-state index is 11.9. The van der Waals surface area contributed by atoms with Crippen molar-refractivity contribution in [1.82, 2.24) is 0 Å². The maximum atomic E-state index is 11.9. The summed E-state index contributed by atoms with van der Waals surface area (Å²) in [6.45, 7) is 0. The van der Waals surface area contributed by atoms with Crippen LogP contribution >= 0.6 is 0 Å². The van der Waals surface area contributed by atoms with E-state index in [1.54, 1.807) is 4.31 Å². The first kappa shape index (κ1) is 10.1. The zero-order chi connectivity index (χ0) is 11.3. The quantitative estimate of drug-likeness (QED) is 0.750. The molecule has 1 aliphatic heterocycles. The number of sulfonamides is 1. The third-order valence-electron chi connectivity index (χ3n) is 3.71. The minimum absolute atomic E-state index is 0.174. The molecule has 4 heteroatoms. The Morgan fingerprint density at radius 2 is 2.00 bits per heavy atom. The zero-order valence-electron chi connectivity index (χ0n) is 9.26. The fourth-order valence-corrected chi connectivity index (χ4v) is 4.46. The van der Waals surface area contributed by atoms with E-state index in [2.05, 4.69) is 6.07 Å². The van der Waals surface area contributed by atoms with Crippen LogP contribution in [0.1, 0.15) is 30.7 Å². The van der Waals surface area contributed by atoms with Gasteiger partial charge in [0.1, 0.15) is 0 Å². The first-order valence-corrected chi connectivity index (χ1v) is 7.52. The van der Waals surface area contributed by atoms with E-state index < -0.39 is 10.0 Å². The Kier molecular flexibility index (Phi) is 2.05. The van der Waals surface area contributed by atoms with Crippen LogP contribution < -0.4 is 4.31 Å². The average Bonchev–Trinajstić information content (AvgIpc) is 2.73. The summed E-state index contributed by atoms with van der Waals surface area (Å²) in [7, 11) is -3.14. The predicted molar refractivity (Wildman–Crippen MR) is 64.1 cm³/mol. The highest BCUT2D eigenvalue weighted by atomic mass is 32.2. The molecular weight excluding hydrogens is 222 g/mol. The Morgan fingerprint density at radius 3 is 2.75 bits per heavy atom. The second-order valence-corrected chi connectivity index (χ2v) is 6.58. The number of hydrogen-bond acceptors (Lipinski definition) is 2. The van der Waals surface area contributed by atoms with Crippen LogP contribution in [0.25, 0.3) is 0 Å². The minimum atomic E-state index is -3.14. The monoisotopic (exact) mass is 237 g/mol. The van der Waals surface area contributed by atoms with Crippen molar-refractivity contribution < 1.29 is 8.42 Å². The normalized spacial score (nSPS) is 27.9. The van der Waals surface area contributed by atoms with Gasteiger partial charge in [0, 0.05) is 5.92 Å². The van der Waals surface area contributed by atoms with E-state index in [1.807, 2.05) is 18.2 Å². The van der Waals surface area contributed by atoms with Crippen molar-refractivity contribution in [3.8, 4) is 0 Å². The number of para-hydroxylation sites is 1. The lowest BCUT2D eigenvalue weighted by atomic mass is 9.98. The highest BCUT2D eigenvalue weighted by Gasteiger charge is 2.44. The van der Waals surface area contributed by atoms with E-state index in [0.717, 1.165) is 24.9 Å². The fourth-order valence-electron chi connectivity index (χ4n) is 3.19. The van der Waals surface area contributed by atoms with Crippen LogP contribution in [-0.4, -0.2) is 20.7 Å². The highest BCUT2D eigenvalue weighted by molar-refractivity contribution is 7.92. The van der Waals surface area contributed by atoms with Crippen LogP contribution in [0, 0.1) is 0 Å². The molecule has 0 amide bonds. The molecule has 2 aliphatic rings. The summed E-state index contributed by atoms with van der Waals surface area (Å²) >= 11 is 0. The van der Waals surface area contributed by atoms with Crippen molar-refractivity contribution in [3.05, 3.63) is 29.8 Å². The van der Waals surface area contributed by atoms with E-state index >= 15 is 0 Å². The van der Waals surface area contributed by atoms with Crippen molar-refractivity contribution in [2.75, 3.05) is 10.6 Å². The van der Waals surface area contributed by atoms with Gasteiger partial charge in [-0.3, -0.25) is 4.31 Å². The Bertz CT molecular complexity index is 524. The molecule has 0 N–H and O–H groups in total. The smallest absolute Gasteiger partial charge is 0.232 e. The van der Waals surface area contributed by atoms with E-state index in [0.29, 0.717) is 5.92 Å². The van der Waals surface area contributed by atoms with Gasteiger partial charge in [-0.1, -0.05) is 24.6 Å². The second kappa shape index (κ2) is 3.23. The molecule has 0 saturated heterocycles. The first-order chi connectivity index (χ1) is 7.59. The summed E-state index contributed by atoms with van der Waals surface area (Å²) in [6.07, 6.45) is 4.56. The number of benzene rings is 1. The largest absolute Gasteiger partial charge is 0.267 e. The summed E-state index contributed by atoms with van der Waals surface area (Å²) < 4.78 is 25.4. The molecule has 0 bridgehead atoms. The van der Waals surface area contributed by atoms with Gasteiger partial charge in [-0.05, 0) is 24.5 Å².